The number of hydrogen-bond donors (Lipinski definition) is 7. The lowest BCUT2D eigenvalue weighted by atomic mass is 9.98. The largest absolute Gasteiger partial charge is 0.508 e. The number of carboxylic acids is 1. The van der Waals surface area contributed by atoms with Crippen LogP contribution in [0.15, 0.2) is 24.3 Å². The molecule has 0 heterocycles. The smallest absolute Gasteiger partial charge is 0.326 e. The van der Waals surface area contributed by atoms with Crippen LogP contribution in [-0.4, -0.2) is 69.3 Å². The molecule has 3 amide bonds. The summed E-state index contributed by atoms with van der Waals surface area (Å²) in [7, 11) is 0. The van der Waals surface area contributed by atoms with E-state index >= 15 is 0 Å². The number of benzene rings is 1. The molecule has 36 heavy (non-hydrogen) atoms. The van der Waals surface area contributed by atoms with E-state index in [9.17, 15) is 34.5 Å². The van der Waals surface area contributed by atoms with Crippen LogP contribution in [0.1, 0.15) is 53.0 Å². The highest BCUT2D eigenvalue weighted by molar-refractivity contribution is 5.94. The number of aliphatic hydroxyl groups is 1. The molecule has 0 saturated heterocycles. The van der Waals surface area contributed by atoms with Gasteiger partial charge in [0, 0.05) is 6.42 Å². The van der Waals surface area contributed by atoms with Gasteiger partial charge in [0.25, 0.3) is 0 Å². The molecule has 11 heteroatoms. The lowest BCUT2D eigenvalue weighted by molar-refractivity contribution is -0.142. The van der Waals surface area contributed by atoms with Gasteiger partial charge in [-0.25, -0.2) is 4.79 Å². The van der Waals surface area contributed by atoms with Crippen molar-refractivity contribution in [2.45, 2.75) is 84.2 Å². The Labute approximate surface area is 211 Å². The van der Waals surface area contributed by atoms with E-state index in [1.807, 2.05) is 20.8 Å². The summed E-state index contributed by atoms with van der Waals surface area (Å²) in [5.74, 6) is -3.53. The number of hydrogen-bond acceptors (Lipinski definition) is 7. The summed E-state index contributed by atoms with van der Waals surface area (Å²) in [5, 5.41) is 36.6. The number of carbonyl (C=O) groups is 4. The van der Waals surface area contributed by atoms with E-state index in [-0.39, 0.29) is 30.4 Å². The number of aliphatic carboxylic acids is 1. The van der Waals surface area contributed by atoms with Crippen molar-refractivity contribution in [1.82, 2.24) is 16.0 Å². The zero-order chi connectivity index (χ0) is 27.6. The molecule has 6 atom stereocenters. The van der Waals surface area contributed by atoms with Gasteiger partial charge in [0.1, 0.15) is 23.9 Å². The standard InChI is InChI=1S/C25H40N4O7/c1-6-14(4)20(26)23(33)29-21(15(5)30)24(34)27-18(11-13(2)3)22(32)28-19(25(35)36)12-16-7-9-17(31)10-8-16/h7-10,13-15,18-21,30-31H,6,11-12,26H2,1-5H3,(H,27,34)(H,28,32)(H,29,33)(H,35,36). The minimum Gasteiger partial charge on any atom is -0.508 e. The van der Waals surface area contributed by atoms with E-state index in [4.69, 9.17) is 5.73 Å². The Kier molecular flexibility index (Phi) is 12.3. The van der Waals surface area contributed by atoms with Crippen LogP contribution in [0, 0.1) is 11.8 Å². The summed E-state index contributed by atoms with van der Waals surface area (Å²) in [6.07, 6.45) is -0.479. The van der Waals surface area contributed by atoms with Crippen molar-refractivity contribution < 1.29 is 34.5 Å². The molecule has 0 fully saturated rings. The molecule has 0 aliphatic heterocycles. The molecule has 1 aromatic carbocycles. The van der Waals surface area contributed by atoms with Crippen LogP contribution in [0.5, 0.6) is 5.75 Å². The first kappa shape index (κ1) is 30.9. The molecule has 6 unspecified atom stereocenters. The number of phenolic OH excluding ortho intramolecular Hbond substituents is 1. The molecule has 0 aliphatic carbocycles. The number of nitrogens with two attached hydrogens (primary N) is 1. The number of carbonyl (C=O) groups excluding carboxylic acids is 3. The Hall–Kier alpha value is -3.18. The van der Waals surface area contributed by atoms with Crippen LogP contribution in [0.4, 0.5) is 0 Å². The maximum atomic E-state index is 13.0. The van der Waals surface area contributed by atoms with Gasteiger partial charge in [0.05, 0.1) is 12.1 Å². The minimum absolute atomic E-state index is 0.0271. The topological polar surface area (TPSA) is 191 Å². The Bertz CT molecular complexity index is 889. The molecular formula is C25H40N4O7. The van der Waals surface area contributed by atoms with Crippen molar-refractivity contribution in [3.8, 4) is 5.75 Å². The van der Waals surface area contributed by atoms with E-state index in [1.165, 1.54) is 19.1 Å². The van der Waals surface area contributed by atoms with Gasteiger partial charge in [-0.3, -0.25) is 14.4 Å². The second-order valence-corrected chi connectivity index (χ2v) is 9.60. The third-order valence-electron chi connectivity index (χ3n) is 5.95. The lowest BCUT2D eigenvalue weighted by Gasteiger charge is -2.28. The van der Waals surface area contributed by atoms with Crippen molar-refractivity contribution in [1.29, 1.82) is 0 Å². The quantitative estimate of drug-likeness (QED) is 0.186. The van der Waals surface area contributed by atoms with Gasteiger partial charge in [-0.2, -0.15) is 0 Å². The zero-order valence-corrected chi connectivity index (χ0v) is 21.5. The monoisotopic (exact) mass is 508 g/mol. The third kappa shape index (κ3) is 9.82. The first-order valence-electron chi connectivity index (χ1n) is 12.1. The predicted molar refractivity (Wildman–Crippen MR) is 134 cm³/mol. The summed E-state index contributed by atoms with van der Waals surface area (Å²) in [5.41, 5.74) is 6.51. The summed E-state index contributed by atoms with van der Waals surface area (Å²) in [4.78, 5) is 50.3. The molecule has 0 bridgehead atoms. The van der Waals surface area contributed by atoms with Gasteiger partial charge in [-0.1, -0.05) is 46.2 Å². The molecule has 1 aromatic rings. The molecular weight excluding hydrogens is 468 g/mol. The first-order valence-corrected chi connectivity index (χ1v) is 12.1. The van der Waals surface area contributed by atoms with Gasteiger partial charge in [0.2, 0.25) is 17.7 Å². The first-order chi connectivity index (χ1) is 16.8. The summed E-state index contributed by atoms with van der Waals surface area (Å²) in [6, 6.07) is 1.29. The Morgan fingerprint density at radius 2 is 1.44 bits per heavy atom. The fourth-order valence-electron chi connectivity index (χ4n) is 3.47. The number of amides is 3. The van der Waals surface area contributed by atoms with Gasteiger partial charge in [-0.05, 0) is 42.9 Å². The van der Waals surface area contributed by atoms with Crippen LogP contribution in [0.25, 0.3) is 0 Å². The Balaban J connectivity index is 3.00. The third-order valence-corrected chi connectivity index (χ3v) is 5.95. The number of aliphatic hydroxyl groups excluding tert-OH is 1. The van der Waals surface area contributed by atoms with Crippen molar-refractivity contribution in [2.24, 2.45) is 17.6 Å². The van der Waals surface area contributed by atoms with Crippen LogP contribution >= 0.6 is 0 Å². The molecule has 0 spiro atoms. The number of rotatable bonds is 14. The molecule has 11 nitrogen and oxygen atoms in total. The van der Waals surface area contributed by atoms with Crippen LogP contribution in [0.2, 0.25) is 0 Å². The Morgan fingerprint density at radius 3 is 1.92 bits per heavy atom. The average molecular weight is 509 g/mol. The summed E-state index contributed by atoms with van der Waals surface area (Å²) < 4.78 is 0. The molecule has 0 saturated carbocycles. The fraction of sp³-hybridized carbons (Fsp3) is 0.600. The molecule has 0 radical (unpaired) electrons. The van der Waals surface area contributed by atoms with Crippen molar-refractivity contribution in [3.63, 3.8) is 0 Å². The van der Waals surface area contributed by atoms with Crippen LogP contribution < -0.4 is 21.7 Å². The highest BCUT2D eigenvalue weighted by atomic mass is 16.4. The average Bonchev–Trinajstić information content (AvgIpc) is 2.80. The normalized spacial score (nSPS) is 16.2. The zero-order valence-electron chi connectivity index (χ0n) is 21.5. The highest BCUT2D eigenvalue weighted by Crippen LogP contribution is 2.13. The van der Waals surface area contributed by atoms with Crippen molar-refractivity contribution in [2.75, 3.05) is 0 Å². The van der Waals surface area contributed by atoms with Gasteiger partial charge in [0.15, 0.2) is 0 Å². The number of nitrogens with one attached hydrogen (secondary N) is 3. The molecule has 0 aliphatic rings. The fourth-order valence-corrected chi connectivity index (χ4v) is 3.47. The molecule has 8 N–H and O–H groups in total. The summed E-state index contributed by atoms with van der Waals surface area (Å²) in [6.45, 7) is 8.65. The van der Waals surface area contributed by atoms with Crippen LogP contribution in [0.3, 0.4) is 0 Å². The summed E-state index contributed by atoms with van der Waals surface area (Å²) >= 11 is 0. The lowest BCUT2D eigenvalue weighted by Crippen LogP contribution is -2.60. The van der Waals surface area contributed by atoms with E-state index in [0.29, 0.717) is 12.0 Å². The molecule has 1 rings (SSSR count). The van der Waals surface area contributed by atoms with Gasteiger partial charge < -0.3 is 37.0 Å². The predicted octanol–water partition coefficient (Wildman–Crippen LogP) is 0.274. The van der Waals surface area contributed by atoms with Crippen molar-refractivity contribution >= 4 is 23.7 Å². The minimum atomic E-state index is -1.36. The second-order valence-electron chi connectivity index (χ2n) is 9.60. The number of phenols is 1. The van der Waals surface area contributed by atoms with E-state index in [1.54, 1.807) is 19.1 Å². The van der Waals surface area contributed by atoms with Gasteiger partial charge >= 0.3 is 5.97 Å². The van der Waals surface area contributed by atoms with Crippen LogP contribution in [-0.2, 0) is 25.6 Å². The maximum Gasteiger partial charge on any atom is 0.326 e. The SMILES string of the molecule is CCC(C)C(N)C(=O)NC(C(=O)NC(CC(C)C)C(=O)NC(Cc1ccc(O)cc1)C(=O)O)C(C)O. The molecule has 202 valence electrons. The molecule has 0 aromatic heterocycles. The van der Waals surface area contributed by atoms with E-state index in [0.717, 1.165) is 0 Å². The highest BCUT2D eigenvalue weighted by Gasteiger charge is 2.33. The number of aromatic hydroxyl groups is 1. The Morgan fingerprint density at radius 1 is 0.889 bits per heavy atom. The van der Waals surface area contributed by atoms with E-state index < -0.39 is 54.0 Å². The second kappa shape index (κ2) is 14.4. The van der Waals surface area contributed by atoms with Gasteiger partial charge in [-0.15, -0.1) is 0 Å². The van der Waals surface area contributed by atoms with Crippen molar-refractivity contribution in [3.05, 3.63) is 29.8 Å². The van der Waals surface area contributed by atoms with E-state index in [2.05, 4.69) is 16.0 Å². The maximum absolute atomic E-state index is 13.0. The number of carboxylic acid groups (broad SMARTS) is 1.